The zero-order chi connectivity index (χ0) is 6.41. The summed E-state index contributed by atoms with van der Waals surface area (Å²) in [6.45, 7) is 5.17. The molecule has 0 aliphatic rings. The summed E-state index contributed by atoms with van der Waals surface area (Å²) in [5, 5.41) is 0. The molecule has 0 N–H and O–H groups in total. The third kappa shape index (κ3) is 3.03. The first-order valence-electron chi connectivity index (χ1n) is 3.17. The minimum Gasteiger partial charge on any atom is -0.384 e. The molecule has 0 heterocycles. The van der Waals surface area contributed by atoms with Crippen LogP contribution in [0, 0.1) is 5.92 Å². The Morgan fingerprint density at radius 2 is 1.75 bits per heavy atom. The summed E-state index contributed by atoms with van der Waals surface area (Å²) in [7, 11) is 1.74. The second-order valence-electron chi connectivity index (χ2n) is 1.89. The van der Waals surface area contributed by atoms with E-state index in [0.29, 0.717) is 0 Å². The first kappa shape index (κ1) is 7.96. The van der Waals surface area contributed by atoms with Gasteiger partial charge in [0.1, 0.15) is 0 Å². The summed E-state index contributed by atoms with van der Waals surface area (Å²) in [4.78, 5) is 0. The fourth-order valence-electron chi connectivity index (χ4n) is 0.658. The molecule has 0 aromatic carbocycles. The molecule has 0 aromatic rings. The number of ether oxygens (including phenoxy) is 1. The SMILES string of the molecule is CC[C](CC)COC. The van der Waals surface area contributed by atoms with Gasteiger partial charge in [0.2, 0.25) is 0 Å². The molecular formula is C7H15O. The van der Waals surface area contributed by atoms with Crippen LogP contribution in [0.2, 0.25) is 0 Å². The molecular weight excluding hydrogens is 100 g/mol. The van der Waals surface area contributed by atoms with Crippen molar-refractivity contribution in [3.05, 3.63) is 5.92 Å². The molecule has 1 radical (unpaired) electrons. The summed E-state index contributed by atoms with van der Waals surface area (Å²) >= 11 is 0. The van der Waals surface area contributed by atoms with Gasteiger partial charge >= 0.3 is 0 Å². The van der Waals surface area contributed by atoms with Crippen LogP contribution in [0.25, 0.3) is 0 Å². The fraction of sp³-hybridized carbons (Fsp3) is 0.857. The maximum Gasteiger partial charge on any atom is 0.0524 e. The molecule has 0 saturated heterocycles. The van der Waals surface area contributed by atoms with Crippen molar-refractivity contribution in [3.63, 3.8) is 0 Å². The Labute approximate surface area is 52.0 Å². The second-order valence-corrected chi connectivity index (χ2v) is 1.89. The first-order chi connectivity index (χ1) is 3.85. The second kappa shape index (κ2) is 5.10. The van der Waals surface area contributed by atoms with Gasteiger partial charge in [-0.1, -0.05) is 13.8 Å². The number of hydrogen-bond acceptors (Lipinski definition) is 1. The molecule has 1 nitrogen and oxygen atoms in total. The van der Waals surface area contributed by atoms with Gasteiger partial charge in [-0.2, -0.15) is 0 Å². The standard InChI is InChI=1S/C7H15O/c1-4-7(5-2)6-8-3/h4-6H2,1-3H3. The zero-order valence-corrected chi connectivity index (χ0v) is 6.03. The maximum absolute atomic E-state index is 4.95. The van der Waals surface area contributed by atoms with E-state index in [-0.39, 0.29) is 0 Å². The minimum atomic E-state index is 0.840. The molecule has 0 aromatic heterocycles. The summed E-state index contributed by atoms with van der Waals surface area (Å²) < 4.78 is 4.95. The van der Waals surface area contributed by atoms with Crippen molar-refractivity contribution in [1.29, 1.82) is 0 Å². The van der Waals surface area contributed by atoms with Crippen LogP contribution in [0.5, 0.6) is 0 Å². The molecule has 0 unspecified atom stereocenters. The van der Waals surface area contributed by atoms with Gasteiger partial charge in [-0.05, 0) is 12.8 Å². The Kier molecular flexibility index (Phi) is 5.08. The quantitative estimate of drug-likeness (QED) is 0.544. The topological polar surface area (TPSA) is 9.23 Å². The number of methoxy groups -OCH3 is 1. The van der Waals surface area contributed by atoms with Crippen LogP contribution in [0.3, 0.4) is 0 Å². The highest BCUT2D eigenvalue weighted by molar-refractivity contribution is 4.85. The van der Waals surface area contributed by atoms with E-state index < -0.39 is 0 Å². The van der Waals surface area contributed by atoms with Crippen LogP contribution in [-0.2, 0) is 4.74 Å². The smallest absolute Gasteiger partial charge is 0.0524 e. The molecule has 0 saturated carbocycles. The summed E-state index contributed by atoms with van der Waals surface area (Å²) in [5.74, 6) is 1.49. The van der Waals surface area contributed by atoms with Gasteiger partial charge in [-0.15, -0.1) is 0 Å². The Balaban J connectivity index is 3.07. The van der Waals surface area contributed by atoms with E-state index in [1.807, 2.05) is 0 Å². The average molecular weight is 115 g/mol. The molecule has 1 heteroatoms. The lowest BCUT2D eigenvalue weighted by Gasteiger charge is -2.07. The summed E-state index contributed by atoms with van der Waals surface area (Å²) in [5.41, 5.74) is 0. The Bertz CT molecular complexity index is 39.7. The number of hydrogen-bond donors (Lipinski definition) is 0. The molecule has 49 valence electrons. The van der Waals surface area contributed by atoms with E-state index >= 15 is 0 Å². The van der Waals surface area contributed by atoms with Crippen LogP contribution in [0.15, 0.2) is 0 Å². The van der Waals surface area contributed by atoms with E-state index in [1.54, 1.807) is 7.11 Å². The Morgan fingerprint density at radius 3 is 1.88 bits per heavy atom. The molecule has 0 rings (SSSR count). The highest BCUT2D eigenvalue weighted by atomic mass is 16.5. The van der Waals surface area contributed by atoms with E-state index in [0.717, 1.165) is 19.4 Å². The van der Waals surface area contributed by atoms with Gasteiger partial charge in [-0.25, -0.2) is 0 Å². The van der Waals surface area contributed by atoms with Gasteiger partial charge < -0.3 is 4.74 Å². The summed E-state index contributed by atoms with van der Waals surface area (Å²) in [6.07, 6.45) is 2.31. The fourth-order valence-corrected chi connectivity index (χ4v) is 0.658. The monoisotopic (exact) mass is 115 g/mol. The van der Waals surface area contributed by atoms with E-state index in [2.05, 4.69) is 13.8 Å². The minimum absolute atomic E-state index is 0.840. The molecule has 0 fully saturated rings. The Morgan fingerprint density at radius 1 is 1.25 bits per heavy atom. The average Bonchev–Trinajstić information content (AvgIpc) is 1.83. The van der Waals surface area contributed by atoms with Crippen molar-refractivity contribution in [2.75, 3.05) is 13.7 Å². The van der Waals surface area contributed by atoms with Gasteiger partial charge in [0, 0.05) is 13.0 Å². The van der Waals surface area contributed by atoms with Crippen molar-refractivity contribution in [3.8, 4) is 0 Å². The van der Waals surface area contributed by atoms with Crippen molar-refractivity contribution in [2.24, 2.45) is 0 Å². The molecule has 0 spiro atoms. The van der Waals surface area contributed by atoms with Gasteiger partial charge in [0.25, 0.3) is 0 Å². The van der Waals surface area contributed by atoms with Crippen molar-refractivity contribution in [1.82, 2.24) is 0 Å². The predicted octanol–water partition coefficient (Wildman–Crippen LogP) is 2.03. The van der Waals surface area contributed by atoms with Crippen LogP contribution in [0.4, 0.5) is 0 Å². The van der Waals surface area contributed by atoms with Crippen LogP contribution in [-0.4, -0.2) is 13.7 Å². The third-order valence-electron chi connectivity index (χ3n) is 1.35. The van der Waals surface area contributed by atoms with E-state index in [9.17, 15) is 0 Å². The largest absolute Gasteiger partial charge is 0.384 e. The van der Waals surface area contributed by atoms with E-state index in [4.69, 9.17) is 4.74 Å². The van der Waals surface area contributed by atoms with Gasteiger partial charge in [0.15, 0.2) is 0 Å². The molecule has 0 bridgehead atoms. The molecule has 0 aliphatic carbocycles. The molecule has 0 aliphatic heterocycles. The van der Waals surface area contributed by atoms with Crippen molar-refractivity contribution in [2.45, 2.75) is 26.7 Å². The lowest BCUT2D eigenvalue weighted by Crippen LogP contribution is -2.01. The first-order valence-corrected chi connectivity index (χ1v) is 3.17. The zero-order valence-electron chi connectivity index (χ0n) is 6.03. The van der Waals surface area contributed by atoms with Crippen LogP contribution < -0.4 is 0 Å². The number of rotatable bonds is 4. The van der Waals surface area contributed by atoms with E-state index in [1.165, 1.54) is 5.92 Å². The normalized spacial score (nSPS) is 10.5. The molecule has 0 atom stereocenters. The highest BCUT2D eigenvalue weighted by Crippen LogP contribution is 2.08. The third-order valence-corrected chi connectivity index (χ3v) is 1.35. The predicted molar refractivity (Wildman–Crippen MR) is 35.7 cm³/mol. The van der Waals surface area contributed by atoms with Gasteiger partial charge in [-0.3, -0.25) is 0 Å². The van der Waals surface area contributed by atoms with Crippen molar-refractivity contribution < 1.29 is 4.74 Å². The molecule has 8 heavy (non-hydrogen) atoms. The highest BCUT2D eigenvalue weighted by Gasteiger charge is 2.00. The van der Waals surface area contributed by atoms with Crippen molar-refractivity contribution >= 4 is 0 Å². The Hall–Kier alpha value is -0.0400. The van der Waals surface area contributed by atoms with Crippen LogP contribution >= 0.6 is 0 Å². The van der Waals surface area contributed by atoms with Crippen LogP contribution in [0.1, 0.15) is 26.7 Å². The lowest BCUT2D eigenvalue weighted by molar-refractivity contribution is 0.204. The maximum atomic E-state index is 4.95. The summed E-state index contributed by atoms with van der Waals surface area (Å²) in [6, 6.07) is 0. The van der Waals surface area contributed by atoms with Gasteiger partial charge in [0.05, 0.1) is 6.61 Å². The molecule has 0 amide bonds. The lowest BCUT2D eigenvalue weighted by atomic mass is 10.1.